The van der Waals surface area contributed by atoms with Gasteiger partial charge in [0.25, 0.3) is 5.91 Å². The van der Waals surface area contributed by atoms with E-state index in [0.717, 1.165) is 5.56 Å². The molecule has 31 heavy (non-hydrogen) atoms. The summed E-state index contributed by atoms with van der Waals surface area (Å²) < 4.78 is 16.5. The maximum absolute atomic E-state index is 12.3. The average molecular weight is 424 g/mol. The lowest BCUT2D eigenvalue weighted by Gasteiger charge is -2.14. The van der Waals surface area contributed by atoms with Gasteiger partial charge in [0.2, 0.25) is 17.7 Å². The highest BCUT2D eigenvalue weighted by atomic mass is 16.5. The van der Waals surface area contributed by atoms with Crippen molar-refractivity contribution in [2.45, 2.75) is 32.8 Å². The number of aromatic nitrogens is 2. The van der Waals surface area contributed by atoms with E-state index in [1.54, 1.807) is 18.2 Å². The second-order valence-electron chi connectivity index (χ2n) is 6.90. The SMILES string of the molecule is COc1cc(C(=O)NNC(=O)CCc2nnc(-c3ccccc3)o2)ccc1OC(C)C. The number of rotatable bonds is 8. The number of ether oxygens (including phenoxy) is 2. The van der Waals surface area contributed by atoms with Gasteiger partial charge in [-0.3, -0.25) is 20.4 Å². The molecule has 1 aromatic heterocycles. The number of carbonyl (C=O) groups is 2. The molecule has 3 aromatic rings. The molecule has 0 fully saturated rings. The van der Waals surface area contributed by atoms with Gasteiger partial charge in [0.1, 0.15) is 0 Å². The number of methoxy groups -OCH3 is 1. The topological polar surface area (TPSA) is 116 Å². The number of nitrogens with zero attached hydrogens (tertiary/aromatic N) is 2. The molecule has 0 saturated carbocycles. The second kappa shape index (κ2) is 10.2. The average Bonchev–Trinajstić information content (AvgIpc) is 3.25. The molecular formula is C22H24N4O5. The van der Waals surface area contributed by atoms with Gasteiger partial charge in [-0.05, 0) is 44.2 Å². The van der Waals surface area contributed by atoms with Crippen molar-refractivity contribution in [1.29, 1.82) is 0 Å². The van der Waals surface area contributed by atoms with Gasteiger partial charge in [-0.2, -0.15) is 0 Å². The Morgan fingerprint density at radius 1 is 1.03 bits per heavy atom. The number of hydrogen-bond acceptors (Lipinski definition) is 7. The Morgan fingerprint density at radius 2 is 1.81 bits per heavy atom. The van der Waals surface area contributed by atoms with Crippen LogP contribution in [0.15, 0.2) is 52.9 Å². The summed E-state index contributed by atoms with van der Waals surface area (Å²) in [5.74, 6) is 0.825. The fourth-order valence-corrected chi connectivity index (χ4v) is 2.69. The summed E-state index contributed by atoms with van der Waals surface area (Å²) in [4.78, 5) is 24.4. The standard InChI is InChI=1S/C22H24N4O5/c1-14(2)30-17-10-9-16(13-18(17)29-3)21(28)25-23-19(27)11-12-20-24-26-22(31-20)15-7-5-4-6-8-15/h4-10,13-14H,11-12H2,1-3H3,(H,23,27)(H,25,28). The second-order valence-corrected chi connectivity index (χ2v) is 6.90. The Labute approximate surface area is 179 Å². The van der Waals surface area contributed by atoms with Crippen molar-refractivity contribution in [2.75, 3.05) is 7.11 Å². The summed E-state index contributed by atoms with van der Waals surface area (Å²) in [5, 5.41) is 7.92. The van der Waals surface area contributed by atoms with Crippen molar-refractivity contribution in [2.24, 2.45) is 0 Å². The first-order valence-electron chi connectivity index (χ1n) is 9.78. The van der Waals surface area contributed by atoms with E-state index in [1.807, 2.05) is 44.2 Å². The van der Waals surface area contributed by atoms with Crippen LogP contribution in [0.4, 0.5) is 0 Å². The molecule has 0 bridgehead atoms. The third kappa shape index (κ3) is 6.05. The first kappa shape index (κ1) is 21.8. The van der Waals surface area contributed by atoms with Crippen LogP contribution in [0.5, 0.6) is 11.5 Å². The molecule has 0 aliphatic carbocycles. The van der Waals surface area contributed by atoms with E-state index in [9.17, 15) is 9.59 Å². The highest BCUT2D eigenvalue weighted by Crippen LogP contribution is 2.28. The van der Waals surface area contributed by atoms with Gasteiger partial charge in [0, 0.05) is 24.0 Å². The van der Waals surface area contributed by atoms with Crippen LogP contribution in [0.3, 0.4) is 0 Å². The molecule has 9 nitrogen and oxygen atoms in total. The van der Waals surface area contributed by atoms with Crippen molar-refractivity contribution in [3.8, 4) is 23.0 Å². The van der Waals surface area contributed by atoms with E-state index in [-0.39, 0.29) is 24.9 Å². The maximum atomic E-state index is 12.3. The fourth-order valence-electron chi connectivity index (χ4n) is 2.69. The molecule has 0 aliphatic rings. The molecule has 0 radical (unpaired) electrons. The summed E-state index contributed by atoms with van der Waals surface area (Å²) in [6, 6.07) is 14.1. The lowest BCUT2D eigenvalue weighted by molar-refractivity contribution is -0.121. The monoisotopic (exact) mass is 424 g/mol. The van der Waals surface area contributed by atoms with Crippen LogP contribution in [0, 0.1) is 0 Å². The summed E-state index contributed by atoms with van der Waals surface area (Å²) in [6.07, 6.45) is 0.285. The van der Waals surface area contributed by atoms with Crippen LogP contribution in [-0.4, -0.2) is 35.2 Å². The maximum Gasteiger partial charge on any atom is 0.269 e. The zero-order chi connectivity index (χ0) is 22.2. The number of carbonyl (C=O) groups excluding carboxylic acids is 2. The molecule has 2 aromatic carbocycles. The molecule has 0 atom stereocenters. The zero-order valence-corrected chi connectivity index (χ0v) is 17.5. The molecule has 162 valence electrons. The molecular weight excluding hydrogens is 400 g/mol. The van der Waals surface area contributed by atoms with Gasteiger partial charge in [-0.1, -0.05) is 18.2 Å². The first-order chi connectivity index (χ1) is 15.0. The summed E-state index contributed by atoms with van der Waals surface area (Å²) >= 11 is 0. The van der Waals surface area contributed by atoms with Gasteiger partial charge in [0.05, 0.1) is 13.2 Å². The quantitative estimate of drug-likeness (QED) is 0.534. The predicted octanol–water partition coefficient (Wildman–Crippen LogP) is 2.93. The van der Waals surface area contributed by atoms with Gasteiger partial charge >= 0.3 is 0 Å². The normalized spacial score (nSPS) is 10.6. The lowest BCUT2D eigenvalue weighted by Crippen LogP contribution is -2.41. The van der Waals surface area contributed by atoms with E-state index in [4.69, 9.17) is 13.9 Å². The zero-order valence-electron chi connectivity index (χ0n) is 17.5. The molecule has 9 heteroatoms. The largest absolute Gasteiger partial charge is 0.493 e. The van der Waals surface area contributed by atoms with E-state index in [2.05, 4.69) is 21.0 Å². The van der Waals surface area contributed by atoms with Gasteiger partial charge in [-0.15, -0.1) is 10.2 Å². The third-order valence-corrected chi connectivity index (χ3v) is 4.16. The van der Waals surface area contributed by atoms with Crippen molar-refractivity contribution < 1.29 is 23.5 Å². The van der Waals surface area contributed by atoms with Crippen molar-refractivity contribution in [1.82, 2.24) is 21.0 Å². The lowest BCUT2D eigenvalue weighted by atomic mass is 10.2. The summed E-state index contributed by atoms with van der Waals surface area (Å²) in [7, 11) is 1.49. The van der Waals surface area contributed by atoms with Gasteiger partial charge in [0.15, 0.2) is 11.5 Å². The number of aryl methyl sites for hydroxylation is 1. The highest BCUT2D eigenvalue weighted by molar-refractivity contribution is 5.96. The van der Waals surface area contributed by atoms with E-state index < -0.39 is 5.91 Å². The Balaban J connectivity index is 1.49. The van der Waals surface area contributed by atoms with Crippen molar-refractivity contribution >= 4 is 11.8 Å². The van der Waals surface area contributed by atoms with Crippen LogP contribution in [-0.2, 0) is 11.2 Å². The minimum absolute atomic E-state index is 0.0320. The van der Waals surface area contributed by atoms with Crippen molar-refractivity contribution in [3.05, 3.63) is 60.0 Å². The van der Waals surface area contributed by atoms with E-state index >= 15 is 0 Å². The first-order valence-corrected chi connectivity index (χ1v) is 9.78. The van der Waals surface area contributed by atoms with Crippen LogP contribution < -0.4 is 20.3 Å². The Morgan fingerprint density at radius 3 is 2.52 bits per heavy atom. The molecule has 0 saturated heterocycles. The Bertz CT molecular complexity index is 1030. The molecule has 0 spiro atoms. The number of hydrogen-bond donors (Lipinski definition) is 2. The molecule has 2 N–H and O–H groups in total. The molecule has 0 unspecified atom stereocenters. The number of hydrazine groups is 1. The number of amides is 2. The van der Waals surface area contributed by atoms with Crippen LogP contribution in [0.25, 0.3) is 11.5 Å². The fraction of sp³-hybridized carbons (Fsp3) is 0.273. The van der Waals surface area contributed by atoms with Gasteiger partial charge < -0.3 is 13.9 Å². The van der Waals surface area contributed by atoms with Gasteiger partial charge in [-0.25, -0.2) is 0 Å². The van der Waals surface area contributed by atoms with Crippen LogP contribution >= 0.6 is 0 Å². The molecule has 3 rings (SSSR count). The van der Waals surface area contributed by atoms with Crippen LogP contribution in [0.1, 0.15) is 36.5 Å². The molecule has 1 heterocycles. The summed E-state index contributed by atoms with van der Waals surface area (Å²) in [5.41, 5.74) is 5.87. The summed E-state index contributed by atoms with van der Waals surface area (Å²) in [6.45, 7) is 3.79. The minimum atomic E-state index is -0.480. The molecule has 2 amide bonds. The number of nitrogens with one attached hydrogen (secondary N) is 2. The Kier molecular flexibility index (Phi) is 7.21. The van der Waals surface area contributed by atoms with E-state index in [1.165, 1.54) is 7.11 Å². The third-order valence-electron chi connectivity index (χ3n) is 4.16. The predicted molar refractivity (Wildman–Crippen MR) is 112 cm³/mol. The van der Waals surface area contributed by atoms with E-state index in [0.29, 0.717) is 28.8 Å². The van der Waals surface area contributed by atoms with Crippen LogP contribution in [0.2, 0.25) is 0 Å². The minimum Gasteiger partial charge on any atom is -0.493 e. The smallest absolute Gasteiger partial charge is 0.269 e. The van der Waals surface area contributed by atoms with Crippen molar-refractivity contribution in [3.63, 3.8) is 0 Å². The highest BCUT2D eigenvalue weighted by Gasteiger charge is 2.14. The Hall–Kier alpha value is -3.88. The molecule has 0 aliphatic heterocycles. The number of benzene rings is 2.